The highest BCUT2D eigenvalue weighted by Crippen LogP contribution is 2.28. The van der Waals surface area contributed by atoms with E-state index >= 15 is 0 Å². The third-order valence-corrected chi connectivity index (χ3v) is 2.58. The molecule has 1 aromatic carbocycles. The van der Waals surface area contributed by atoms with Crippen molar-refractivity contribution in [2.24, 2.45) is 0 Å². The van der Waals surface area contributed by atoms with Crippen molar-refractivity contribution in [3.05, 3.63) is 35.9 Å². The molecule has 0 amide bonds. The molecule has 0 atom stereocenters. The quantitative estimate of drug-likeness (QED) is 0.658. The summed E-state index contributed by atoms with van der Waals surface area (Å²) in [4.78, 5) is 0. The van der Waals surface area contributed by atoms with Crippen molar-refractivity contribution in [2.45, 2.75) is 6.42 Å². The SMILES string of the molecule is C=C(CCl)c1ccc2c(c1)CCO2. The standard InChI is InChI=1S/C11H11ClO/c1-8(7-12)9-2-3-11-10(6-9)4-5-13-11/h2-3,6H,1,4-5,7H2. The monoisotopic (exact) mass is 194 g/mol. The number of rotatable bonds is 2. The Morgan fingerprint density at radius 3 is 3.15 bits per heavy atom. The van der Waals surface area contributed by atoms with Crippen LogP contribution in [0.3, 0.4) is 0 Å². The summed E-state index contributed by atoms with van der Waals surface area (Å²) in [6.45, 7) is 4.69. The number of ether oxygens (including phenoxy) is 1. The first-order chi connectivity index (χ1) is 6.31. The first-order valence-corrected chi connectivity index (χ1v) is 4.84. The number of hydrogen-bond acceptors (Lipinski definition) is 1. The zero-order valence-corrected chi connectivity index (χ0v) is 8.10. The molecular formula is C11H11ClO. The maximum Gasteiger partial charge on any atom is 0.122 e. The molecule has 0 saturated heterocycles. The fourth-order valence-electron chi connectivity index (χ4n) is 1.48. The minimum Gasteiger partial charge on any atom is -0.493 e. The van der Waals surface area contributed by atoms with Crippen LogP contribution in [-0.2, 0) is 6.42 Å². The van der Waals surface area contributed by atoms with Crippen LogP contribution in [0.4, 0.5) is 0 Å². The van der Waals surface area contributed by atoms with E-state index in [4.69, 9.17) is 16.3 Å². The van der Waals surface area contributed by atoms with E-state index in [-0.39, 0.29) is 0 Å². The molecule has 0 spiro atoms. The largest absolute Gasteiger partial charge is 0.493 e. The van der Waals surface area contributed by atoms with Gasteiger partial charge < -0.3 is 4.74 Å². The van der Waals surface area contributed by atoms with Crippen molar-refractivity contribution < 1.29 is 4.74 Å². The number of allylic oxidation sites excluding steroid dienone is 1. The Bertz CT molecular complexity index is 344. The number of fused-ring (bicyclic) bond motifs is 1. The lowest BCUT2D eigenvalue weighted by Gasteiger charge is -2.04. The van der Waals surface area contributed by atoms with Gasteiger partial charge >= 0.3 is 0 Å². The van der Waals surface area contributed by atoms with Crippen molar-refractivity contribution in [1.29, 1.82) is 0 Å². The van der Waals surface area contributed by atoms with Crippen LogP contribution >= 0.6 is 11.6 Å². The van der Waals surface area contributed by atoms with Crippen LogP contribution in [0, 0.1) is 0 Å². The molecule has 2 rings (SSSR count). The number of alkyl halides is 1. The van der Waals surface area contributed by atoms with Crippen molar-refractivity contribution >= 4 is 17.2 Å². The highest BCUT2D eigenvalue weighted by atomic mass is 35.5. The minimum absolute atomic E-state index is 0.486. The molecule has 0 bridgehead atoms. The third kappa shape index (κ3) is 1.56. The Balaban J connectivity index is 2.36. The number of benzene rings is 1. The van der Waals surface area contributed by atoms with E-state index in [1.54, 1.807) is 0 Å². The van der Waals surface area contributed by atoms with Crippen molar-refractivity contribution in [3.63, 3.8) is 0 Å². The third-order valence-electron chi connectivity index (χ3n) is 2.26. The second-order valence-corrected chi connectivity index (χ2v) is 3.43. The van der Waals surface area contributed by atoms with Crippen molar-refractivity contribution in [2.75, 3.05) is 12.5 Å². The maximum absolute atomic E-state index is 5.71. The fourth-order valence-corrected chi connectivity index (χ4v) is 1.64. The first-order valence-electron chi connectivity index (χ1n) is 4.31. The molecule has 0 radical (unpaired) electrons. The molecule has 68 valence electrons. The van der Waals surface area contributed by atoms with Gasteiger partial charge in [-0.15, -0.1) is 11.6 Å². The molecule has 13 heavy (non-hydrogen) atoms. The van der Waals surface area contributed by atoms with E-state index in [0.29, 0.717) is 5.88 Å². The van der Waals surface area contributed by atoms with Gasteiger partial charge in [-0.3, -0.25) is 0 Å². The Morgan fingerprint density at radius 1 is 1.54 bits per heavy atom. The molecule has 0 fully saturated rings. The normalized spacial score (nSPS) is 13.6. The van der Waals surface area contributed by atoms with Gasteiger partial charge in [-0.25, -0.2) is 0 Å². The summed E-state index contributed by atoms with van der Waals surface area (Å²) < 4.78 is 5.40. The zero-order valence-electron chi connectivity index (χ0n) is 7.35. The predicted molar refractivity (Wildman–Crippen MR) is 55.4 cm³/mol. The van der Waals surface area contributed by atoms with Gasteiger partial charge in [-0.05, 0) is 28.8 Å². The molecule has 0 aromatic heterocycles. The molecule has 0 saturated carbocycles. The average molecular weight is 195 g/mol. The van der Waals surface area contributed by atoms with Crippen LogP contribution in [0.25, 0.3) is 5.57 Å². The number of halogens is 1. The Hall–Kier alpha value is -0.950. The number of hydrogen-bond donors (Lipinski definition) is 0. The predicted octanol–water partition coefficient (Wildman–Crippen LogP) is 2.87. The van der Waals surface area contributed by atoms with Crippen molar-refractivity contribution in [1.82, 2.24) is 0 Å². The van der Waals surface area contributed by atoms with E-state index in [9.17, 15) is 0 Å². The maximum atomic E-state index is 5.71. The smallest absolute Gasteiger partial charge is 0.122 e. The van der Waals surface area contributed by atoms with Crippen molar-refractivity contribution in [3.8, 4) is 5.75 Å². The van der Waals surface area contributed by atoms with Gasteiger partial charge in [0.05, 0.1) is 6.61 Å². The molecule has 1 aliphatic heterocycles. The van der Waals surface area contributed by atoms with Gasteiger partial charge in [0.25, 0.3) is 0 Å². The summed E-state index contributed by atoms with van der Waals surface area (Å²) >= 11 is 5.71. The molecule has 1 aromatic rings. The van der Waals surface area contributed by atoms with E-state index in [2.05, 4.69) is 12.6 Å². The lowest BCUT2D eigenvalue weighted by Crippen LogP contribution is -1.85. The highest BCUT2D eigenvalue weighted by Gasteiger charge is 2.12. The lowest BCUT2D eigenvalue weighted by atomic mass is 10.0. The molecule has 0 N–H and O–H groups in total. The van der Waals surface area contributed by atoms with Crippen LogP contribution in [0.5, 0.6) is 5.75 Å². The van der Waals surface area contributed by atoms with E-state index < -0.39 is 0 Å². The molecule has 0 unspecified atom stereocenters. The Morgan fingerprint density at radius 2 is 2.38 bits per heavy atom. The molecule has 0 aliphatic carbocycles. The lowest BCUT2D eigenvalue weighted by molar-refractivity contribution is 0.357. The fraction of sp³-hybridized carbons (Fsp3) is 0.273. The zero-order chi connectivity index (χ0) is 9.26. The van der Waals surface area contributed by atoms with E-state index in [1.165, 1.54) is 5.56 Å². The molecule has 2 heteroatoms. The highest BCUT2D eigenvalue weighted by molar-refractivity contribution is 6.23. The second kappa shape index (κ2) is 3.43. The van der Waals surface area contributed by atoms with Crippen LogP contribution in [-0.4, -0.2) is 12.5 Å². The van der Waals surface area contributed by atoms with E-state index in [0.717, 1.165) is 29.9 Å². The van der Waals surface area contributed by atoms with Crippen LogP contribution in [0.15, 0.2) is 24.8 Å². The molecule has 1 nitrogen and oxygen atoms in total. The summed E-state index contributed by atoms with van der Waals surface area (Å²) in [5.41, 5.74) is 3.36. The van der Waals surface area contributed by atoms with Crippen LogP contribution in [0.1, 0.15) is 11.1 Å². The summed E-state index contributed by atoms with van der Waals surface area (Å²) in [5.74, 6) is 1.49. The Labute approximate surface area is 83.0 Å². The molecule has 1 heterocycles. The van der Waals surface area contributed by atoms with Gasteiger partial charge in [0.1, 0.15) is 5.75 Å². The van der Waals surface area contributed by atoms with Gasteiger partial charge in [0.2, 0.25) is 0 Å². The summed E-state index contributed by atoms with van der Waals surface area (Å²) in [6.07, 6.45) is 0.999. The van der Waals surface area contributed by atoms with Gasteiger partial charge in [0, 0.05) is 12.3 Å². The molecular weight excluding hydrogens is 184 g/mol. The Kier molecular flexibility index (Phi) is 2.28. The van der Waals surface area contributed by atoms with Gasteiger partial charge in [0.15, 0.2) is 0 Å². The van der Waals surface area contributed by atoms with Crippen LogP contribution in [0.2, 0.25) is 0 Å². The summed E-state index contributed by atoms with van der Waals surface area (Å²) in [5, 5.41) is 0. The summed E-state index contributed by atoms with van der Waals surface area (Å²) in [6, 6.07) is 6.12. The molecule has 1 aliphatic rings. The van der Waals surface area contributed by atoms with Gasteiger partial charge in [-0.2, -0.15) is 0 Å². The minimum atomic E-state index is 0.486. The second-order valence-electron chi connectivity index (χ2n) is 3.16. The average Bonchev–Trinajstić information content (AvgIpc) is 2.63. The summed E-state index contributed by atoms with van der Waals surface area (Å²) in [7, 11) is 0. The van der Waals surface area contributed by atoms with Crippen LogP contribution < -0.4 is 4.74 Å². The first kappa shape index (κ1) is 8.64. The topological polar surface area (TPSA) is 9.23 Å². The van der Waals surface area contributed by atoms with Gasteiger partial charge in [-0.1, -0.05) is 12.6 Å². The van der Waals surface area contributed by atoms with E-state index in [1.807, 2.05) is 12.1 Å².